The van der Waals surface area contributed by atoms with E-state index in [1.807, 2.05) is 0 Å². The molecule has 0 amide bonds. The van der Waals surface area contributed by atoms with Crippen LogP contribution in [0.2, 0.25) is 0 Å². The lowest BCUT2D eigenvalue weighted by Gasteiger charge is -2.53. The summed E-state index contributed by atoms with van der Waals surface area (Å²) in [5.74, 6) is 0.924. The molecule has 0 bridgehead atoms. The first-order valence-corrected chi connectivity index (χ1v) is 7.67. The normalized spacial score (nSPS) is 26.3. The number of hydrogen-bond donors (Lipinski definition) is 0. The molecular formula is C16H32N2. The molecule has 0 aromatic rings. The zero-order valence-corrected chi connectivity index (χ0v) is 13.3. The van der Waals surface area contributed by atoms with E-state index in [2.05, 4.69) is 51.3 Å². The zero-order chi connectivity index (χ0) is 13.6. The van der Waals surface area contributed by atoms with Crippen molar-refractivity contribution < 1.29 is 0 Å². The van der Waals surface area contributed by atoms with Gasteiger partial charge in [0.2, 0.25) is 0 Å². The van der Waals surface area contributed by atoms with Crippen LogP contribution in [0, 0.1) is 11.3 Å². The van der Waals surface area contributed by atoms with Crippen LogP contribution in [0.3, 0.4) is 0 Å². The summed E-state index contributed by atoms with van der Waals surface area (Å²) in [7, 11) is 0. The van der Waals surface area contributed by atoms with E-state index >= 15 is 0 Å². The fourth-order valence-electron chi connectivity index (χ4n) is 3.36. The van der Waals surface area contributed by atoms with Crippen LogP contribution in [-0.4, -0.2) is 47.6 Å². The Morgan fingerprint density at radius 1 is 0.833 bits per heavy atom. The van der Waals surface area contributed by atoms with Crippen LogP contribution in [0.4, 0.5) is 0 Å². The van der Waals surface area contributed by atoms with Gasteiger partial charge in [0.1, 0.15) is 0 Å². The summed E-state index contributed by atoms with van der Waals surface area (Å²) in [6.45, 7) is 19.4. The predicted octanol–water partition coefficient (Wildman–Crippen LogP) is 3.23. The summed E-state index contributed by atoms with van der Waals surface area (Å²) in [6.07, 6.45) is 2.80. The van der Waals surface area contributed by atoms with Crippen LogP contribution in [0.25, 0.3) is 0 Å². The predicted molar refractivity (Wildman–Crippen MR) is 78.9 cm³/mol. The van der Waals surface area contributed by atoms with Gasteiger partial charge in [-0.2, -0.15) is 0 Å². The largest absolute Gasteiger partial charge is 0.298 e. The Labute approximate surface area is 114 Å². The molecule has 2 aliphatic rings. The number of rotatable bonds is 1. The molecule has 2 heteroatoms. The molecule has 2 rings (SSSR count). The Balaban J connectivity index is 1.76. The smallest absolute Gasteiger partial charge is 0.0350 e. The van der Waals surface area contributed by atoms with Crippen LogP contribution in [-0.2, 0) is 0 Å². The molecule has 2 aliphatic heterocycles. The SMILES string of the molecule is CC(C)(C)C1CCN(C2CN(C(C)(C)C)C2)CC1. The molecule has 0 N–H and O–H groups in total. The molecule has 0 radical (unpaired) electrons. The minimum Gasteiger partial charge on any atom is -0.298 e. The summed E-state index contributed by atoms with van der Waals surface area (Å²) in [4.78, 5) is 5.35. The quantitative estimate of drug-likeness (QED) is 0.707. The van der Waals surface area contributed by atoms with E-state index in [4.69, 9.17) is 0 Å². The van der Waals surface area contributed by atoms with E-state index in [1.165, 1.54) is 39.0 Å². The first-order chi connectivity index (χ1) is 8.18. The lowest BCUT2D eigenvalue weighted by Crippen LogP contribution is -2.65. The van der Waals surface area contributed by atoms with Gasteiger partial charge in [0, 0.05) is 24.7 Å². The third-order valence-corrected chi connectivity index (χ3v) is 5.08. The van der Waals surface area contributed by atoms with Crippen molar-refractivity contribution in [3.05, 3.63) is 0 Å². The van der Waals surface area contributed by atoms with Crippen molar-refractivity contribution in [2.24, 2.45) is 11.3 Å². The van der Waals surface area contributed by atoms with Gasteiger partial charge in [0.05, 0.1) is 0 Å². The van der Waals surface area contributed by atoms with Crippen LogP contribution < -0.4 is 0 Å². The Morgan fingerprint density at radius 3 is 1.72 bits per heavy atom. The maximum Gasteiger partial charge on any atom is 0.0350 e. The van der Waals surface area contributed by atoms with Gasteiger partial charge in [-0.3, -0.25) is 9.80 Å². The van der Waals surface area contributed by atoms with Gasteiger partial charge in [-0.1, -0.05) is 20.8 Å². The highest BCUT2D eigenvalue weighted by Gasteiger charge is 2.39. The molecule has 18 heavy (non-hydrogen) atoms. The number of piperidine rings is 1. The summed E-state index contributed by atoms with van der Waals surface area (Å²) >= 11 is 0. The lowest BCUT2D eigenvalue weighted by atomic mass is 9.75. The van der Waals surface area contributed by atoms with Gasteiger partial charge in [-0.05, 0) is 58.0 Å². The molecule has 0 aromatic heterocycles. The molecule has 0 aromatic carbocycles. The van der Waals surface area contributed by atoms with Crippen molar-refractivity contribution in [2.75, 3.05) is 26.2 Å². The summed E-state index contributed by atoms with van der Waals surface area (Å²) in [5.41, 5.74) is 0.864. The molecule has 2 fully saturated rings. The maximum atomic E-state index is 2.74. The van der Waals surface area contributed by atoms with Crippen molar-refractivity contribution in [1.82, 2.24) is 9.80 Å². The zero-order valence-electron chi connectivity index (χ0n) is 13.3. The van der Waals surface area contributed by atoms with E-state index in [0.29, 0.717) is 11.0 Å². The van der Waals surface area contributed by atoms with Gasteiger partial charge < -0.3 is 0 Å². The highest BCUT2D eigenvalue weighted by atomic mass is 15.3. The van der Waals surface area contributed by atoms with Gasteiger partial charge >= 0.3 is 0 Å². The second kappa shape index (κ2) is 4.79. The molecule has 106 valence electrons. The topological polar surface area (TPSA) is 6.48 Å². The molecule has 0 aliphatic carbocycles. The van der Waals surface area contributed by atoms with Crippen molar-refractivity contribution >= 4 is 0 Å². The molecule has 0 spiro atoms. The van der Waals surface area contributed by atoms with E-state index < -0.39 is 0 Å². The molecule has 2 saturated heterocycles. The minimum absolute atomic E-state index is 0.361. The Bertz CT molecular complexity index is 270. The third-order valence-electron chi connectivity index (χ3n) is 5.08. The highest BCUT2D eigenvalue weighted by Crippen LogP contribution is 2.36. The molecule has 2 heterocycles. The summed E-state index contributed by atoms with van der Waals surface area (Å²) < 4.78 is 0. The lowest BCUT2D eigenvalue weighted by molar-refractivity contribution is -0.0392. The Kier molecular flexibility index (Phi) is 3.81. The molecular weight excluding hydrogens is 220 g/mol. The van der Waals surface area contributed by atoms with Crippen LogP contribution in [0.5, 0.6) is 0 Å². The second-order valence-corrected chi connectivity index (χ2v) is 8.41. The van der Waals surface area contributed by atoms with E-state index in [9.17, 15) is 0 Å². The van der Waals surface area contributed by atoms with Crippen molar-refractivity contribution in [1.29, 1.82) is 0 Å². The highest BCUT2D eigenvalue weighted by molar-refractivity contribution is 4.95. The Hall–Kier alpha value is -0.0800. The molecule has 0 unspecified atom stereocenters. The first kappa shape index (κ1) is 14.3. The molecule has 0 atom stereocenters. The maximum absolute atomic E-state index is 2.74. The van der Waals surface area contributed by atoms with E-state index in [1.54, 1.807) is 0 Å². The molecule has 2 nitrogen and oxygen atoms in total. The van der Waals surface area contributed by atoms with Crippen LogP contribution >= 0.6 is 0 Å². The van der Waals surface area contributed by atoms with Gasteiger partial charge in [0.15, 0.2) is 0 Å². The summed E-state index contributed by atoms with van der Waals surface area (Å²) in [6, 6.07) is 0.838. The number of nitrogens with zero attached hydrogens (tertiary/aromatic N) is 2. The first-order valence-electron chi connectivity index (χ1n) is 7.67. The summed E-state index contributed by atoms with van der Waals surface area (Å²) in [5, 5.41) is 0. The average Bonchev–Trinajstić information content (AvgIpc) is 2.12. The van der Waals surface area contributed by atoms with Gasteiger partial charge in [-0.25, -0.2) is 0 Å². The van der Waals surface area contributed by atoms with Crippen LogP contribution in [0.1, 0.15) is 54.4 Å². The standard InChI is InChI=1S/C16H32N2/c1-15(2,3)13-7-9-17(10-8-13)14-11-18(12-14)16(4,5)6/h13-14H,7-12H2,1-6H3. The van der Waals surface area contributed by atoms with Crippen molar-refractivity contribution in [2.45, 2.75) is 66.0 Å². The minimum atomic E-state index is 0.361. The number of likely N-dealkylation sites (tertiary alicyclic amines) is 2. The van der Waals surface area contributed by atoms with Crippen LogP contribution in [0.15, 0.2) is 0 Å². The fraction of sp³-hybridized carbons (Fsp3) is 1.00. The van der Waals surface area contributed by atoms with Crippen molar-refractivity contribution in [3.63, 3.8) is 0 Å². The average molecular weight is 252 g/mol. The van der Waals surface area contributed by atoms with E-state index in [-0.39, 0.29) is 0 Å². The van der Waals surface area contributed by atoms with Gasteiger partial charge in [0.25, 0.3) is 0 Å². The van der Waals surface area contributed by atoms with E-state index in [0.717, 1.165) is 12.0 Å². The third kappa shape index (κ3) is 3.08. The second-order valence-electron chi connectivity index (χ2n) is 8.41. The Morgan fingerprint density at radius 2 is 1.33 bits per heavy atom. The number of hydrogen-bond acceptors (Lipinski definition) is 2. The van der Waals surface area contributed by atoms with Crippen molar-refractivity contribution in [3.8, 4) is 0 Å². The monoisotopic (exact) mass is 252 g/mol. The fourth-order valence-corrected chi connectivity index (χ4v) is 3.36. The molecule has 0 saturated carbocycles. The van der Waals surface area contributed by atoms with Gasteiger partial charge in [-0.15, -0.1) is 0 Å².